The number of anilines is 1. The van der Waals surface area contributed by atoms with Gasteiger partial charge >= 0.3 is 0 Å². The van der Waals surface area contributed by atoms with E-state index in [0.29, 0.717) is 0 Å². The smallest absolute Gasteiger partial charge is 0.149 e. The highest BCUT2D eigenvalue weighted by atomic mass is 19.1. The predicted molar refractivity (Wildman–Crippen MR) is 69.7 cm³/mol. The number of rotatable bonds is 4. The lowest BCUT2D eigenvalue weighted by atomic mass is 10.0. The Morgan fingerprint density at radius 2 is 1.83 bits per heavy atom. The highest BCUT2D eigenvalue weighted by molar-refractivity contribution is 5.46. The molecule has 0 aliphatic carbocycles. The van der Waals surface area contributed by atoms with Gasteiger partial charge in [0.05, 0.1) is 0 Å². The Kier molecular flexibility index (Phi) is 4.53. The summed E-state index contributed by atoms with van der Waals surface area (Å²) >= 11 is 0. The van der Waals surface area contributed by atoms with Crippen LogP contribution in [0.1, 0.15) is 26.2 Å². The van der Waals surface area contributed by atoms with Gasteiger partial charge in [-0.3, -0.25) is 0 Å². The minimum atomic E-state index is -0.508. The molecular weight excluding hydrogens is 234 g/mol. The van der Waals surface area contributed by atoms with Crippen LogP contribution >= 0.6 is 0 Å². The Morgan fingerprint density at radius 3 is 2.39 bits per heavy atom. The van der Waals surface area contributed by atoms with Gasteiger partial charge in [-0.2, -0.15) is 0 Å². The van der Waals surface area contributed by atoms with Crippen molar-refractivity contribution in [3.63, 3.8) is 0 Å². The highest BCUT2D eigenvalue weighted by Crippen LogP contribution is 2.22. The molecule has 0 amide bonds. The molecule has 0 spiro atoms. The fourth-order valence-electron chi connectivity index (χ4n) is 2.46. The van der Waals surface area contributed by atoms with Crippen LogP contribution < -0.4 is 5.32 Å². The van der Waals surface area contributed by atoms with E-state index in [0.717, 1.165) is 38.9 Å². The number of piperidine rings is 1. The van der Waals surface area contributed by atoms with E-state index in [-0.39, 0.29) is 11.7 Å². The second-order valence-electron chi connectivity index (χ2n) is 4.86. The molecule has 0 unspecified atom stereocenters. The normalized spacial score (nSPS) is 17.9. The van der Waals surface area contributed by atoms with Gasteiger partial charge in [0.25, 0.3) is 0 Å². The van der Waals surface area contributed by atoms with Crippen molar-refractivity contribution in [2.24, 2.45) is 0 Å². The Labute approximate surface area is 107 Å². The minimum absolute atomic E-state index is 0.0199. The zero-order valence-corrected chi connectivity index (χ0v) is 10.8. The van der Waals surface area contributed by atoms with Gasteiger partial charge in [-0.05, 0) is 37.9 Å². The van der Waals surface area contributed by atoms with E-state index in [2.05, 4.69) is 17.1 Å². The van der Waals surface area contributed by atoms with Crippen molar-refractivity contribution < 1.29 is 8.78 Å². The first-order chi connectivity index (χ1) is 8.70. The molecule has 4 heteroatoms. The Bertz CT molecular complexity index is 367. The van der Waals surface area contributed by atoms with Gasteiger partial charge in [0.15, 0.2) is 0 Å². The number of hydrogen-bond acceptors (Lipinski definition) is 2. The lowest BCUT2D eigenvalue weighted by molar-refractivity contribution is 0.219. The minimum Gasteiger partial charge on any atom is -0.377 e. The Hall–Kier alpha value is -1.16. The van der Waals surface area contributed by atoms with E-state index in [1.165, 1.54) is 18.2 Å². The molecule has 2 nitrogen and oxygen atoms in total. The van der Waals surface area contributed by atoms with Crippen molar-refractivity contribution in [1.82, 2.24) is 4.90 Å². The molecule has 1 aliphatic rings. The maximum Gasteiger partial charge on any atom is 0.149 e. The van der Waals surface area contributed by atoms with Gasteiger partial charge in [0.2, 0.25) is 0 Å². The Morgan fingerprint density at radius 1 is 1.22 bits per heavy atom. The first kappa shape index (κ1) is 13.3. The first-order valence-corrected chi connectivity index (χ1v) is 6.63. The zero-order valence-electron chi connectivity index (χ0n) is 10.8. The van der Waals surface area contributed by atoms with Crippen molar-refractivity contribution in [1.29, 1.82) is 0 Å². The van der Waals surface area contributed by atoms with Gasteiger partial charge in [0.1, 0.15) is 17.3 Å². The third-order valence-corrected chi connectivity index (χ3v) is 3.44. The summed E-state index contributed by atoms with van der Waals surface area (Å²) in [7, 11) is 0. The third kappa shape index (κ3) is 3.19. The number of nitrogens with zero attached hydrogens (tertiary/aromatic N) is 1. The Balaban J connectivity index is 1.92. The summed E-state index contributed by atoms with van der Waals surface area (Å²) in [5.41, 5.74) is 0.0199. The van der Waals surface area contributed by atoms with Crippen LogP contribution in [0.5, 0.6) is 0 Å². The number of para-hydroxylation sites is 1. The maximum absolute atomic E-state index is 13.5. The summed E-state index contributed by atoms with van der Waals surface area (Å²) in [6, 6.07) is 4.14. The molecular formula is C14H20F2N2. The first-order valence-electron chi connectivity index (χ1n) is 6.63. The molecule has 2 rings (SSSR count). The number of benzene rings is 1. The number of halogens is 2. The molecule has 1 fully saturated rings. The van der Waals surface area contributed by atoms with Crippen molar-refractivity contribution in [3.05, 3.63) is 29.8 Å². The molecule has 1 aromatic rings. The molecule has 0 saturated carbocycles. The molecule has 100 valence electrons. The lowest BCUT2D eigenvalue weighted by Crippen LogP contribution is -2.39. The summed E-state index contributed by atoms with van der Waals surface area (Å²) < 4.78 is 27.0. The van der Waals surface area contributed by atoms with Crippen LogP contribution in [0, 0.1) is 11.6 Å². The quantitative estimate of drug-likeness (QED) is 0.887. The largest absolute Gasteiger partial charge is 0.377 e. The molecule has 1 aliphatic heterocycles. The average molecular weight is 254 g/mol. The molecule has 0 aromatic heterocycles. The molecule has 1 N–H and O–H groups in total. The summed E-state index contributed by atoms with van der Waals surface area (Å²) in [5.74, 6) is -1.02. The van der Waals surface area contributed by atoms with Crippen molar-refractivity contribution >= 4 is 5.69 Å². The molecule has 18 heavy (non-hydrogen) atoms. The predicted octanol–water partition coefficient (Wildman–Crippen LogP) is 3.25. The van der Waals surface area contributed by atoms with Crippen LogP contribution in [0.15, 0.2) is 18.2 Å². The second kappa shape index (κ2) is 6.14. The molecule has 0 radical (unpaired) electrons. The zero-order chi connectivity index (χ0) is 13.0. The van der Waals surface area contributed by atoms with Gasteiger partial charge < -0.3 is 10.2 Å². The molecule has 1 heterocycles. The standard InChI is InChI=1S/C14H20F2N2/c1-2-8-18-9-6-11(7-10-18)17-14-12(15)4-3-5-13(14)16/h3-5,11,17H,2,6-10H2,1H3. The summed E-state index contributed by atoms with van der Waals surface area (Å²) in [4.78, 5) is 2.40. The summed E-state index contributed by atoms with van der Waals surface area (Å²) in [6.45, 7) is 5.28. The van der Waals surface area contributed by atoms with Crippen molar-refractivity contribution in [2.45, 2.75) is 32.2 Å². The van der Waals surface area contributed by atoms with Crippen molar-refractivity contribution in [2.75, 3.05) is 25.0 Å². The van der Waals surface area contributed by atoms with E-state index < -0.39 is 11.6 Å². The van der Waals surface area contributed by atoms with Crippen LogP contribution in [-0.2, 0) is 0 Å². The molecule has 0 atom stereocenters. The SMILES string of the molecule is CCCN1CCC(Nc2c(F)cccc2F)CC1. The topological polar surface area (TPSA) is 15.3 Å². The summed E-state index contributed by atoms with van der Waals surface area (Å²) in [6.07, 6.45) is 3.03. The van der Waals surface area contributed by atoms with Crippen LogP contribution in [0.4, 0.5) is 14.5 Å². The molecule has 1 aromatic carbocycles. The van der Waals surface area contributed by atoms with Crippen LogP contribution in [0.3, 0.4) is 0 Å². The van der Waals surface area contributed by atoms with Crippen LogP contribution in [0.25, 0.3) is 0 Å². The monoisotopic (exact) mass is 254 g/mol. The molecule has 0 bridgehead atoms. The number of nitrogens with one attached hydrogen (secondary N) is 1. The van der Waals surface area contributed by atoms with E-state index >= 15 is 0 Å². The third-order valence-electron chi connectivity index (χ3n) is 3.44. The van der Waals surface area contributed by atoms with Crippen LogP contribution in [-0.4, -0.2) is 30.6 Å². The lowest BCUT2D eigenvalue weighted by Gasteiger charge is -2.32. The second-order valence-corrected chi connectivity index (χ2v) is 4.86. The van der Waals surface area contributed by atoms with E-state index in [1.807, 2.05) is 0 Å². The van der Waals surface area contributed by atoms with Gasteiger partial charge in [0, 0.05) is 19.1 Å². The molecule has 1 saturated heterocycles. The average Bonchev–Trinajstić information content (AvgIpc) is 2.36. The van der Waals surface area contributed by atoms with E-state index in [4.69, 9.17) is 0 Å². The van der Waals surface area contributed by atoms with Crippen LogP contribution in [0.2, 0.25) is 0 Å². The van der Waals surface area contributed by atoms with E-state index in [9.17, 15) is 8.78 Å². The number of likely N-dealkylation sites (tertiary alicyclic amines) is 1. The van der Waals surface area contributed by atoms with Gasteiger partial charge in [-0.15, -0.1) is 0 Å². The highest BCUT2D eigenvalue weighted by Gasteiger charge is 2.20. The van der Waals surface area contributed by atoms with Crippen molar-refractivity contribution in [3.8, 4) is 0 Å². The van der Waals surface area contributed by atoms with Gasteiger partial charge in [-0.25, -0.2) is 8.78 Å². The van der Waals surface area contributed by atoms with Gasteiger partial charge in [-0.1, -0.05) is 13.0 Å². The maximum atomic E-state index is 13.5. The number of hydrogen-bond donors (Lipinski definition) is 1. The summed E-state index contributed by atoms with van der Waals surface area (Å²) in [5, 5.41) is 3.00. The van der Waals surface area contributed by atoms with E-state index in [1.54, 1.807) is 0 Å². The fourth-order valence-corrected chi connectivity index (χ4v) is 2.46. The fraction of sp³-hybridized carbons (Fsp3) is 0.571.